The van der Waals surface area contributed by atoms with Crippen molar-refractivity contribution in [3.63, 3.8) is 0 Å². The van der Waals surface area contributed by atoms with Gasteiger partial charge in [-0.25, -0.2) is 8.78 Å². The fourth-order valence-corrected chi connectivity index (χ4v) is 2.72. The Morgan fingerprint density at radius 3 is 2.72 bits per heavy atom. The highest BCUT2D eigenvalue weighted by Crippen LogP contribution is 2.36. The molecule has 1 aliphatic rings. The van der Waals surface area contributed by atoms with Crippen LogP contribution in [-0.2, 0) is 4.79 Å². The zero-order valence-corrected chi connectivity index (χ0v) is 11.8. The van der Waals surface area contributed by atoms with Crippen molar-refractivity contribution in [3.8, 4) is 0 Å². The van der Waals surface area contributed by atoms with E-state index in [2.05, 4.69) is 5.32 Å². The summed E-state index contributed by atoms with van der Waals surface area (Å²) in [7, 11) is 0. The van der Waals surface area contributed by atoms with Crippen LogP contribution in [0.2, 0.25) is 0 Å². The second-order valence-electron chi connectivity index (χ2n) is 5.97. The van der Waals surface area contributed by atoms with E-state index < -0.39 is 11.8 Å². The lowest BCUT2D eigenvalue weighted by atomic mass is 9.85. The Kier molecular flexibility index (Phi) is 5.38. The second kappa shape index (κ2) is 6.18. The van der Waals surface area contributed by atoms with Gasteiger partial charge < -0.3 is 5.32 Å². The normalized spacial score (nSPS) is 23.7. The Hall–Kier alpha value is -0.380. The predicted molar refractivity (Wildman–Crippen MR) is 69.0 cm³/mol. The molecule has 2 nitrogen and oxygen atoms in total. The smallest absolute Gasteiger partial charge is 0.248 e. The van der Waals surface area contributed by atoms with Crippen LogP contribution in [0.5, 0.6) is 0 Å². The number of hydrogen-bond acceptors (Lipinski definition) is 1. The zero-order valence-electron chi connectivity index (χ0n) is 11.1. The van der Waals surface area contributed by atoms with E-state index in [0.29, 0.717) is 25.3 Å². The highest BCUT2D eigenvalue weighted by Gasteiger charge is 2.39. The van der Waals surface area contributed by atoms with Gasteiger partial charge in [0.2, 0.25) is 11.8 Å². The van der Waals surface area contributed by atoms with E-state index in [1.807, 2.05) is 13.8 Å². The maximum atomic E-state index is 13.2. The van der Waals surface area contributed by atoms with Gasteiger partial charge in [0.1, 0.15) is 0 Å². The van der Waals surface area contributed by atoms with Gasteiger partial charge in [-0.15, -0.1) is 11.6 Å². The van der Waals surface area contributed by atoms with Crippen LogP contribution >= 0.6 is 11.6 Å². The van der Waals surface area contributed by atoms with Gasteiger partial charge in [-0.1, -0.05) is 13.8 Å². The largest absolute Gasteiger partial charge is 0.355 e. The summed E-state index contributed by atoms with van der Waals surface area (Å²) < 4.78 is 26.4. The van der Waals surface area contributed by atoms with Crippen LogP contribution < -0.4 is 5.32 Å². The van der Waals surface area contributed by atoms with Crippen molar-refractivity contribution in [2.24, 2.45) is 11.3 Å². The fourth-order valence-electron chi connectivity index (χ4n) is 2.21. The minimum Gasteiger partial charge on any atom is -0.355 e. The predicted octanol–water partition coefficient (Wildman–Crippen LogP) is 3.58. The van der Waals surface area contributed by atoms with Gasteiger partial charge in [0.05, 0.1) is 0 Å². The number of hydrogen-bond donors (Lipinski definition) is 1. The van der Waals surface area contributed by atoms with Crippen molar-refractivity contribution in [2.45, 2.75) is 51.9 Å². The Bertz CT molecular complexity index is 295. The molecule has 18 heavy (non-hydrogen) atoms. The highest BCUT2D eigenvalue weighted by atomic mass is 35.5. The first kappa shape index (κ1) is 15.7. The van der Waals surface area contributed by atoms with Crippen molar-refractivity contribution in [3.05, 3.63) is 0 Å². The van der Waals surface area contributed by atoms with E-state index in [4.69, 9.17) is 11.6 Å². The summed E-state index contributed by atoms with van der Waals surface area (Å²) >= 11 is 5.68. The molecule has 1 amide bonds. The maximum Gasteiger partial charge on any atom is 0.248 e. The Morgan fingerprint density at radius 2 is 2.17 bits per heavy atom. The number of carbonyl (C=O) groups excluding carboxylic acids is 1. The van der Waals surface area contributed by atoms with Gasteiger partial charge >= 0.3 is 0 Å². The number of rotatable bonds is 5. The molecule has 1 atom stereocenters. The zero-order chi connectivity index (χ0) is 13.8. The molecular weight excluding hydrogens is 260 g/mol. The lowest BCUT2D eigenvalue weighted by Crippen LogP contribution is -2.41. The maximum absolute atomic E-state index is 13.2. The summed E-state index contributed by atoms with van der Waals surface area (Å²) in [6.07, 6.45) is 1.38. The van der Waals surface area contributed by atoms with Crippen LogP contribution in [-0.4, -0.2) is 24.3 Å². The Morgan fingerprint density at radius 1 is 1.50 bits per heavy atom. The average molecular weight is 282 g/mol. The first-order valence-corrected chi connectivity index (χ1v) is 7.01. The van der Waals surface area contributed by atoms with Crippen LogP contribution in [0.4, 0.5) is 8.78 Å². The molecule has 5 heteroatoms. The standard InChI is InChI=1S/C13H22ClF2NO/c1-12(2,6-7-14)9-17-11(18)10-4-3-5-13(15,16)8-10/h10H,3-9H2,1-2H3,(H,17,18). The first-order valence-electron chi connectivity index (χ1n) is 6.47. The van der Waals surface area contributed by atoms with E-state index in [0.717, 1.165) is 6.42 Å². The van der Waals surface area contributed by atoms with E-state index in [1.54, 1.807) is 0 Å². The molecule has 0 spiro atoms. The summed E-state index contributed by atoms with van der Waals surface area (Å²) in [4.78, 5) is 11.9. The molecule has 1 saturated carbocycles. The molecule has 0 saturated heterocycles. The van der Waals surface area contributed by atoms with Crippen LogP contribution in [0.1, 0.15) is 46.0 Å². The molecule has 0 heterocycles. The second-order valence-corrected chi connectivity index (χ2v) is 6.35. The number of halogens is 3. The minimum atomic E-state index is -2.67. The van der Waals surface area contributed by atoms with Crippen molar-refractivity contribution < 1.29 is 13.6 Å². The molecule has 1 unspecified atom stereocenters. The molecule has 106 valence electrons. The van der Waals surface area contributed by atoms with Crippen molar-refractivity contribution >= 4 is 17.5 Å². The summed E-state index contributed by atoms with van der Waals surface area (Å²) in [5.41, 5.74) is -0.0887. The number of carbonyl (C=O) groups is 1. The van der Waals surface area contributed by atoms with E-state index >= 15 is 0 Å². The SMILES string of the molecule is CC(C)(CCCl)CNC(=O)C1CCCC(F)(F)C1. The molecule has 1 N–H and O–H groups in total. The molecule has 0 bridgehead atoms. The number of nitrogens with one attached hydrogen (secondary N) is 1. The highest BCUT2D eigenvalue weighted by molar-refractivity contribution is 6.17. The van der Waals surface area contributed by atoms with Gasteiger partial charge in [-0.3, -0.25) is 4.79 Å². The van der Waals surface area contributed by atoms with Crippen molar-refractivity contribution in [1.29, 1.82) is 0 Å². The number of amides is 1. The van der Waals surface area contributed by atoms with E-state index in [-0.39, 0.29) is 24.2 Å². The molecular formula is C13H22ClF2NO. The van der Waals surface area contributed by atoms with Gasteiger partial charge in [0.15, 0.2) is 0 Å². The van der Waals surface area contributed by atoms with Gasteiger partial charge in [0.25, 0.3) is 0 Å². The van der Waals surface area contributed by atoms with Crippen molar-refractivity contribution in [1.82, 2.24) is 5.32 Å². The van der Waals surface area contributed by atoms with Gasteiger partial charge in [0, 0.05) is 31.2 Å². The van der Waals surface area contributed by atoms with Crippen LogP contribution in [0.25, 0.3) is 0 Å². The van der Waals surface area contributed by atoms with E-state index in [1.165, 1.54) is 0 Å². The van der Waals surface area contributed by atoms with Gasteiger partial charge in [-0.05, 0) is 24.7 Å². The fraction of sp³-hybridized carbons (Fsp3) is 0.923. The monoisotopic (exact) mass is 281 g/mol. The quantitative estimate of drug-likeness (QED) is 0.767. The molecule has 0 aromatic carbocycles. The first-order chi connectivity index (χ1) is 8.26. The van der Waals surface area contributed by atoms with E-state index in [9.17, 15) is 13.6 Å². The summed E-state index contributed by atoms with van der Waals surface area (Å²) in [5, 5.41) is 2.78. The lowest BCUT2D eigenvalue weighted by molar-refractivity contribution is -0.132. The Labute approximate surface area is 112 Å². The molecule has 1 rings (SSSR count). The molecule has 0 aliphatic heterocycles. The topological polar surface area (TPSA) is 29.1 Å². The molecule has 1 fully saturated rings. The molecule has 0 aromatic rings. The van der Waals surface area contributed by atoms with Crippen molar-refractivity contribution in [2.75, 3.05) is 12.4 Å². The lowest BCUT2D eigenvalue weighted by Gasteiger charge is -2.30. The average Bonchev–Trinajstić information content (AvgIpc) is 2.24. The molecule has 0 radical (unpaired) electrons. The molecule has 0 aromatic heterocycles. The molecule has 1 aliphatic carbocycles. The Balaban J connectivity index is 2.41. The summed E-state index contributed by atoms with van der Waals surface area (Å²) in [5.74, 6) is -2.92. The third-order valence-electron chi connectivity index (χ3n) is 3.52. The van der Waals surface area contributed by atoms with Crippen LogP contribution in [0, 0.1) is 11.3 Å². The summed E-state index contributed by atoms with van der Waals surface area (Å²) in [6, 6.07) is 0. The minimum absolute atomic E-state index is 0.0887. The van der Waals surface area contributed by atoms with Crippen LogP contribution in [0.3, 0.4) is 0 Å². The number of alkyl halides is 3. The third kappa shape index (κ3) is 5.09. The third-order valence-corrected chi connectivity index (χ3v) is 3.71. The summed E-state index contributed by atoms with van der Waals surface area (Å²) in [6.45, 7) is 4.50. The van der Waals surface area contributed by atoms with Gasteiger partial charge in [-0.2, -0.15) is 0 Å². The van der Waals surface area contributed by atoms with Crippen LogP contribution in [0.15, 0.2) is 0 Å².